The second-order valence-corrected chi connectivity index (χ2v) is 3.76. The zero-order chi connectivity index (χ0) is 7.47. The molecule has 0 aliphatic heterocycles. The van der Waals surface area contributed by atoms with E-state index in [4.69, 9.17) is 6.42 Å². The molecular formula is C11H10. The summed E-state index contributed by atoms with van der Waals surface area (Å²) >= 11 is 0. The molecule has 0 nitrogen and oxygen atoms in total. The quantitative estimate of drug-likeness (QED) is 0.360. The maximum absolute atomic E-state index is 5.38. The first-order valence-corrected chi connectivity index (χ1v) is 4.28. The van der Waals surface area contributed by atoms with Crippen LogP contribution in [0.1, 0.15) is 25.7 Å². The van der Waals surface area contributed by atoms with Crippen LogP contribution in [0.2, 0.25) is 0 Å². The lowest BCUT2D eigenvalue weighted by atomic mass is 9.82. The molecule has 0 aromatic carbocycles. The van der Waals surface area contributed by atoms with Gasteiger partial charge < -0.3 is 0 Å². The van der Waals surface area contributed by atoms with E-state index in [9.17, 15) is 0 Å². The van der Waals surface area contributed by atoms with Gasteiger partial charge in [-0.3, -0.25) is 0 Å². The fraction of sp³-hybridized carbons (Fsp3) is 0.455. The van der Waals surface area contributed by atoms with Crippen molar-refractivity contribution in [3.8, 4) is 12.3 Å². The number of terminal acetylenes is 1. The molecule has 0 saturated carbocycles. The maximum Gasteiger partial charge on any atom is 0.0436 e. The Balaban J connectivity index is 2.01. The van der Waals surface area contributed by atoms with Gasteiger partial charge in [0.25, 0.3) is 0 Å². The highest BCUT2D eigenvalue weighted by atomic mass is 14.5. The molecule has 0 heteroatoms. The predicted molar refractivity (Wildman–Crippen MR) is 44.8 cm³/mol. The highest BCUT2D eigenvalue weighted by Crippen LogP contribution is 2.64. The molecule has 3 aliphatic carbocycles. The van der Waals surface area contributed by atoms with Gasteiger partial charge in [-0.2, -0.15) is 0 Å². The minimum absolute atomic E-state index is 0.363. The van der Waals surface area contributed by atoms with Crippen LogP contribution in [0.15, 0.2) is 22.8 Å². The Kier molecular flexibility index (Phi) is 0.749. The smallest absolute Gasteiger partial charge is 0.0436 e. The summed E-state index contributed by atoms with van der Waals surface area (Å²) in [7, 11) is 0. The molecule has 3 aliphatic rings. The van der Waals surface area contributed by atoms with Crippen molar-refractivity contribution in [3.05, 3.63) is 22.8 Å². The van der Waals surface area contributed by atoms with Crippen LogP contribution in [0.4, 0.5) is 0 Å². The minimum Gasteiger partial charge on any atom is -0.115 e. The van der Waals surface area contributed by atoms with Crippen molar-refractivity contribution in [1.82, 2.24) is 0 Å². The van der Waals surface area contributed by atoms with Gasteiger partial charge in [0.05, 0.1) is 0 Å². The van der Waals surface area contributed by atoms with Gasteiger partial charge in [0, 0.05) is 11.0 Å². The number of fused-ring (bicyclic) bond motifs is 1. The second kappa shape index (κ2) is 1.46. The van der Waals surface area contributed by atoms with Gasteiger partial charge in [0.2, 0.25) is 0 Å². The molecule has 3 rings (SSSR count). The van der Waals surface area contributed by atoms with Crippen LogP contribution in [0.3, 0.4) is 0 Å². The third-order valence-electron chi connectivity index (χ3n) is 3.41. The molecule has 0 saturated heterocycles. The van der Waals surface area contributed by atoms with Crippen molar-refractivity contribution < 1.29 is 0 Å². The summed E-state index contributed by atoms with van der Waals surface area (Å²) in [5.41, 5.74) is 5.03. The third-order valence-corrected chi connectivity index (χ3v) is 3.41. The van der Waals surface area contributed by atoms with Gasteiger partial charge in [-0.15, -0.1) is 6.42 Å². The Morgan fingerprint density at radius 1 is 1.36 bits per heavy atom. The van der Waals surface area contributed by atoms with Crippen molar-refractivity contribution in [2.24, 2.45) is 5.41 Å². The Bertz CT molecular complexity index is 336. The average Bonchev–Trinajstić information content (AvgIpc) is 2.55. The normalized spacial score (nSPS) is 37.9. The van der Waals surface area contributed by atoms with Gasteiger partial charge in [0.15, 0.2) is 0 Å². The van der Waals surface area contributed by atoms with E-state index in [1.807, 2.05) is 0 Å². The molecule has 1 atom stereocenters. The van der Waals surface area contributed by atoms with Crippen LogP contribution in [0.25, 0.3) is 0 Å². The average molecular weight is 142 g/mol. The topological polar surface area (TPSA) is 0 Å². The number of rotatable bonds is 0. The molecule has 1 spiro atoms. The summed E-state index contributed by atoms with van der Waals surface area (Å²) in [5.74, 6) is 2.78. The molecular weight excluding hydrogens is 132 g/mol. The van der Waals surface area contributed by atoms with E-state index in [1.54, 1.807) is 11.1 Å². The van der Waals surface area contributed by atoms with Crippen molar-refractivity contribution in [3.63, 3.8) is 0 Å². The van der Waals surface area contributed by atoms with Gasteiger partial charge in [-0.25, -0.2) is 0 Å². The molecule has 0 heterocycles. The third kappa shape index (κ3) is 0.465. The van der Waals surface area contributed by atoms with E-state index in [0.717, 1.165) is 0 Å². The molecule has 0 aromatic heterocycles. The Labute approximate surface area is 67.0 Å². The van der Waals surface area contributed by atoms with Crippen molar-refractivity contribution in [2.45, 2.75) is 25.7 Å². The molecule has 0 amide bonds. The number of hydrogen-bond acceptors (Lipinski definition) is 0. The second-order valence-electron chi connectivity index (χ2n) is 3.76. The molecule has 0 radical (unpaired) electrons. The van der Waals surface area contributed by atoms with E-state index in [0.29, 0.717) is 5.41 Å². The van der Waals surface area contributed by atoms with Crippen LogP contribution >= 0.6 is 0 Å². The summed E-state index contributed by atoms with van der Waals surface area (Å²) in [5, 5.41) is 0. The van der Waals surface area contributed by atoms with Gasteiger partial charge in [-0.05, 0) is 25.7 Å². The Morgan fingerprint density at radius 3 is 2.73 bits per heavy atom. The minimum atomic E-state index is 0.363. The van der Waals surface area contributed by atoms with E-state index in [2.05, 4.69) is 12.0 Å². The molecule has 54 valence electrons. The first-order chi connectivity index (χ1) is 5.37. The van der Waals surface area contributed by atoms with Crippen LogP contribution in [0.5, 0.6) is 0 Å². The van der Waals surface area contributed by atoms with Crippen molar-refractivity contribution in [2.75, 3.05) is 0 Å². The van der Waals surface area contributed by atoms with Crippen LogP contribution in [-0.2, 0) is 0 Å². The lowest BCUT2D eigenvalue weighted by Crippen LogP contribution is -2.09. The van der Waals surface area contributed by atoms with E-state index < -0.39 is 0 Å². The molecule has 11 heavy (non-hydrogen) atoms. The largest absolute Gasteiger partial charge is 0.115 e. The lowest BCUT2D eigenvalue weighted by molar-refractivity contribution is 0.625. The summed E-state index contributed by atoms with van der Waals surface area (Å²) < 4.78 is 0. The van der Waals surface area contributed by atoms with Gasteiger partial charge in [0.1, 0.15) is 0 Å². The lowest BCUT2D eigenvalue weighted by Gasteiger charge is -2.22. The van der Waals surface area contributed by atoms with Gasteiger partial charge >= 0.3 is 0 Å². The fourth-order valence-corrected chi connectivity index (χ4v) is 2.58. The van der Waals surface area contributed by atoms with E-state index in [-0.39, 0.29) is 0 Å². The predicted octanol–water partition coefficient (Wildman–Crippen LogP) is 2.43. The molecule has 0 bridgehead atoms. The number of allylic oxidation sites excluding steroid dienone is 4. The SMILES string of the molecule is C#CC1=CC12CCC1=C2CC1. The molecule has 0 fully saturated rings. The van der Waals surface area contributed by atoms with Crippen molar-refractivity contribution in [1.29, 1.82) is 0 Å². The van der Waals surface area contributed by atoms with E-state index in [1.165, 1.54) is 31.3 Å². The van der Waals surface area contributed by atoms with Crippen molar-refractivity contribution >= 4 is 0 Å². The highest BCUT2D eigenvalue weighted by Gasteiger charge is 2.52. The monoisotopic (exact) mass is 142 g/mol. The summed E-state index contributed by atoms with van der Waals surface area (Å²) in [4.78, 5) is 0. The maximum atomic E-state index is 5.38. The molecule has 0 aromatic rings. The summed E-state index contributed by atoms with van der Waals surface area (Å²) in [6.07, 6.45) is 12.9. The Hall–Kier alpha value is -0.960. The highest BCUT2D eigenvalue weighted by molar-refractivity contribution is 5.63. The molecule has 0 N–H and O–H groups in total. The summed E-state index contributed by atoms with van der Waals surface area (Å²) in [6, 6.07) is 0. The van der Waals surface area contributed by atoms with Crippen LogP contribution in [0, 0.1) is 17.8 Å². The Morgan fingerprint density at radius 2 is 2.27 bits per heavy atom. The number of hydrogen-bond donors (Lipinski definition) is 0. The molecule has 1 unspecified atom stereocenters. The standard InChI is InChI=1S/C11H10/c1-2-9-7-11(9)6-5-8-3-4-10(8)11/h1,7H,3-6H2. The summed E-state index contributed by atoms with van der Waals surface area (Å²) in [6.45, 7) is 0. The van der Waals surface area contributed by atoms with Gasteiger partial charge in [-0.1, -0.05) is 23.1 Å². The van der Waals surface area contributed by atoms with Crippen LogP contribution in [-0.4, -0.2) is 0 Å². The zero-order valence-corrected chi connectivity index (χ0v) is 6.48. The first-order valence-electron chi connectivity index (χ1n) is 4.28. The first kappa shape index (κ1) is 5.66. The van der Waals surface area contributed by atoms with E-state index >= 15 is 0 Å². The van der Waals surface area contributed by atoms with Crippen LogP contribution < -0.4 is 0 Å². The fourth-order valence-electron chi connectivity index (χ4n) is 2.58. The zero-order valence-electron chi connectivity index (χ0n) is 6.48.